The predicted octanol–water partition coefficient (Wildman–Crippen LogP) is 0.344. The molecule has 2 aliphatic rings. The van der Waals surface area contributed by atoms with E-state index < -0.39 is 0 Å². The van der Waals surface area contributed by atoms with E-state index in [1.165, 1.54) is 0 Å². The van der Waals surface area contributed by atoms with E-state index in [1.807, 2.05) is 4.90 Å². The van der Waals surface area contributed by atoms with Gasteiger partial charge in [-0.15, -0.1) is 12.3 Å². The van der Waals surface area contributed by atoms with Crippen LogP contribution in [0.1, 0.15) is 6.92 Å². The molecule has 1 saturated heterocycles. The molecule has 1 amide bonds. The highest BCUT2D eigenvalue weighted by Crippen LogP contribution is 2.50. The second-order valence-electron chi connectivity index (χ2n) is 3.44. The molecule has 1 heterocycles. The van der Waals surface area contributed by atoms with Gasteiger partial charge in [0, 0.05) is 25.9 Å². The summed E-state index contributed by atoms with van der Waals surface area (Å²) in [5.74, 6) is 4.69. The zero-order chi connectivity index (χ0) is 8.01. The van der Waals surface area contributed by atoms with Gasteiger partial charge in [-0.1, -0.05) is 0 Å². The molecule has 0 unspecified atom stereocenters. The molecule has 2 heteroatoms. The summed E-state index contributed by atoms with van der Waals surface area (Å²) in [5.41, 5.74) is 0. The van der Waals surface area contributed by atoms with Crippen molar-refractivity contribution in [3.8, 4) is 12.3 Å². The first-order chi connectivity index (χ1) is 5.24. The molecular weight excluding hydrogens is 138 g/mol. The number of likely N-dealkylation sites (tertiary alicyclic amines) is 1. The van der Waals surface area contributed by atoms with Crippen LogP contribution >= 0.6 is 0 Å². The Hall–Kier alpha value is -0.970. The van der Waals surface area contributed by atoms with Crippen molar-refractivity contribution in [1.29, 1.82) is 0 Å². The smallest absolute Gasteiger partial charge is 0.219 e. The lowest BCUT2D eigenvalue weighted by Crippen LogP contribution is -2.28. The van der Waals surface area contributed by atoms with Gasteiger partial charge in [-0.2, -0.15) is 0 Å². The Kier molecular flexibility index (Phi) is 1.23. The number of carbonyl (C=O) groups excluding carboxylic acids is 1. The molecule has 0 aromatic carbocycles. The van der Waals surface area contributed by atoms with E-state index in [1.54, 1.807) is 6.92 Å². The molecule has 0 aromatic rings. The summed E-state index contributed by atoms with van der Waals surface area (Å²) in [7, 11) is 0. The summed E-state index contributed by atoms with van der Waals surface area (Å²) in [6.45, 7) is 3.42. The Balaban J connectivity index is 1.95. The van der Waals surface area contributed by atoms with Gasteiger partial charge in [0.25, 0.3) is 0 Å². The van der Waals surface area contributed by atoms with Gasteiger partial charge in [0.05, 0.1) is 0 Å². The standard InChI is InChI=1S/C9H11NO/c1-3-7-8-4-10(6(2)11)5-9(7)8/h1,7-9H,4-5H2,2H3/t7-,8+,9-. The number of piperidine rings is 1. The molecule has 1 aliphatic carbocycles. The van der Waals surface area contributed by atoms with Crippen LogP contribution < -0.4 is 0 Å². The van der Waals surface area contributed by atoms with Gasteiger partial charge >= 0.3 is 0 Å². The van der Waals surface area contributed by atoms with Crippen LogP contribution in [-0.2, 0) is 4.79 Å². The first-order valence-electron chi connectivity index (χ1n) is 3.95. The Morgan fingerprint density at radius 2 is 2.09 bits per heavy atom. The molecule has 58 valence electrons. The number of hydrogen-bond acceptors (Lipinski definition) is 1. The van der Waals surface area contributed by atoms with Crippen molar-refractivity contribution >= 4 is 5.91 Å². The average Bonchev–Trinajstić information content (AvgIpc) is 2.41. The number of nitrogens with zero attached hydrogens (tertiary/aromatic N) is 1. The summed E-state index contributed by atoms with van der Waals surface area (Å²) >= 11 is 0. The van der Waals surface area contributed by atoms with Gasteiger partial charge in [-0.05, 0) is 11.8 Å². The minimum atomic E-state index is 0.188. The van der Waals surface area contributed by atoms with Crippen molar-refractivity contribution < 1.29 is 4.79 Å². The minimum absolute atomic E-state index is 0.188. The maximum absolute atomic E-state index is 10.9. The monoisotopic (exact) mass is 149 g/mol. The molecule has 2 fully saturated rings. The zero-order valence-corrected chi connectivity index (χ0v) is 6.58. The molecule has 0 N–H and O–H groups in total. The van der Waals surface area contributed by atoms with Crippen LogP contribution in [0.2, 0.25) is 0 Å². The maximum atomic E-state index is 10.9. The number of terminal acetylenes is 1. The predicted molar refractivity (Wildman–Crippen MR) is 41.6 cm³/mol. The van der Waals surface area contributed by atoms with E-state index in [0.717, 1.165) is 13.1 Å². The van der Waals surface area contributed by atoms with Crippen molar-refractivity contribution in [3.05, 3.63) is 0 Å². The van der Waals surface area contributed by atoms with Crippen molar-refractivity contribution in [2.24, 2.45) is 17.8 Å². The third kappa shape index (κ3) is 0.841. The molecule has 2 nitrogen and oxygen atoms in total. The SMILES string of the molecule is C#C[C@H]1[C@H]2CN(C(C)=O)C[C@@H]12. The molecule has 0 aromatic heterocycles. The van der Waals surface area contributed by atoms with Crippen molar-refractivity contribution in [3.63, 3.8) is 0 Å². The summed E-state index contributed by atoms with van der Waals surface area (Å²) in [6.07, 6.45) is 5.29. The highest BCUT2D eigenvalue weighted by atomic mass is 16.2. The van der Waals surface area contributed by atoms with Gasteiger partial charge in [0.2, 0.25) is 5.91 Å². The van der Waals surface area contributed by atoms with Crippen LogP contribution in [0.15, 0.2) is 0 Å². The number of amides is 1. The van der Waals surface area contributed by atoms with E-state index in [-0.39, 0.29) is 5.91 Å². The number of carbonyl (C=O) groups is 1. The third-order valence-corrected chi connectivity index (χ3v) is 2.83. The Morgan fingerprint density at radius 3 is 2.45 bits per heavy atom. The maximum Gasteiger partial charge on any atom is 0.219 e. The lowest BCUT2D eigenvalue weighted by molar-refractivity contribution is -0.128. The van der Waals surface area contributed by atoms with Gasteiger partial charge in [-0.25, -0.2) is 0 Å². The van der Waals surface area contributed by atoms with Crippen molar-refractivity contribution in [1.82, 2.24) is 4.90 Å². The van der Waals surface area contributed by atoms with E-state index in [0.29, 0.717) is 17.8 Å². The van der Waals surface area contributed by atoms with Crippen LogP contribution in [0.3, 0.4) is 0 Å². The number of hydrogen-bond donors (Lipinski definition) is 0. The first kappa shape index (κ1) is 6.72. The topological polar surface area (TPSA) is 20.3 Å². The molecule has 0 radical (unpaired) electrons. The Morgan fingerprint density at radius 1 is 1.55 bits per heavy atom. The second-order valence-corrected chi connectivity index (χ2v) is 3.44. The highest BCUT2D eigenvalue weighted by molar-refractivity contribution is 5.73. The fourth-order valence-electron chi connectivity index (χ4n) is 2.03. The molecule has 0 spiro atoms. The van der Waals surface area contributed by atoms with Crippen LogP contribution in [0.25, 0.3) is 0 Å². The third-order valence-electron chi connectivity index (χ3n) is 2.83. The van der Waals surface area contributed by atoms with Crippen molar-refractivity contribution in [2.45, 2.75) is 6.92 Å². The van der Waals surface area contributed by atoms with E-state index in [2.05, 4.69) is 5.92 Å². The number of rotatable bonds is 0. The van der Waals surface area contributed by atoms with Crippen LogP contribution in [0.4, 0.5) is 0 Å². The normalized spacial score (nSPS) is 39.6. The fourth-order valence-corrected chi connectivity index (χ4v) is 2.03. The van der Waals surface area contributed by atoms with E-state index >= 15 is 0 Å². The van der Waals surface area contributed by atoms with Gasteiger partial charge in [0.15, 0.2) is 0 Å². The summed E-state index contributed by atoms with van der Waals surface area (Å²) in [4.78, 5) is 12.8. The minimum Gasteiger partial charge on any atom is -0.342 e. The van der Waals surface area contributed by atoms with Gasteiger partial charge < -0.3 is 4.90 Å². The fraction of sp³-hybridized carbons (Fsp3) is 0.667. The van der Waals surface area contributed by atoms with Crippen LogP contribution in [0, 0.1) is 30.1 Å². The van der Waals surface area contributed by atoms with Crippen LogP contribution in [-0.4, -0.2) is 23.9 Å². The van der Waals surface area contributed by atoms with E-state index in [9.17, 15) is 4.79 Å². The van der Waals surface area contributed by atoms with Crippen LogP contribution in [0.5, 0.6) is 0 Å². The lowest BCUT2D eigenvalue weighted by Gasteiger charge is -2.15. The zero-order valence-electron chi connectivity index (χ0n) is 6.58. The Labute approximate surface area is 66.6 Å². The second kappa shape index (κ2) is 2.01. The summed E-state index contributed by atoms with van der Waals surface area (Å²) in [5, 5.41) is 0. The molecular formula is C9H11NO. The summed E-state index contributed by atoms with van der Waals surface area (Å²) < 4.78 is 0. The molecule has 1 aliphatic heterocycles. The molecule has 0 bridgehead atoms. The largest absolute Gasteiger partial charge is 0.342 e. The molecule has 3 atom stereocenters. The summed E-state index contributed by atoms with van der Waals surface area (Å²) in [6, 6.07) is 0. The number of fused-ring (bicyclic) bond motifs is 1. The first-order valence-corrected chi connectivity index (χ1v) is 3.95. The van der Waals surface area contributed by atoms with Crippen molar-refractivity contribution in [2.75, 3.05) is 13.1 Å². The van der Waals surface area contributed by atoms with Gasteiger partial charge in [-0.3, -0.25) is 4.79 Å². The average molecular weight is 149 g/mol. The van der Waals surface area contributed by atoms with E-state index in [4.69, 9.17) is 6.42 Å². The van der Waals surface area contributed by atoms with Gasteiger partial charge in [0.1, 0.15) is 0 Å². The quantitative estimate of drug-likeness (QED) is 0.455. The molecule has 2 rings (SSSR count). The lowest BCUT2D eigenvalue weighted by atomic mass is 10.3. The highest BCUT2D eigenvalue weighted by Gasteiger charge is 2.55. The molecule has 1 saturated carbocycles. The molecule has 11 heavy (non-hydrogen) atoms. The Bertz CT molecular complexity index is 228.